The van der Waals surface area contributed by atoms with Crippen LogP contribution in [0.1, 0.15) is 46.4 Å². The summed E-state index contributed by atoms with van der Waals surface area (Å²) in [6, 6.07) is -0.826. The van der Waals surface area contributed by atoms with Crippen molar-refractivity contribution in [3.8, 4) is 0 Å². The molecular formula is C16H19BrN4O5S. The third kappa shape index (κ3) is 4.03. The fourth-order valence-electron chi connectivity index (χ4n) is 2.47. The van der Waals surface area contributed by atoms with Gasteiger partial charge in [0, 0.05) is 4.88 Å². The first kappa shape index (κ1) is 21.0. The van der Waals surface area contributed by atoms with E-state index in [1.807, 2.05) is 6.92 Å². The summed E-state index contributed by atoms with van der Waals surface area (Å²) in [7, 11) is 0. The summed E-state index contributed by atoms with van der Waals surface area (Å²) in [5.41, 5.74) is 1.52. The van der Waals surface area contributed by atoms with Crippen LogP contribution in [0.25, 0.3) is 0 Å². The Morgan fingerprint density at radius 3 is 2.56 bits per heavy atom. The van der Waals surface area contributed by atoms with Crippen LogP contribution >= 0.6 is 27.3 Å². The predicted molar refractivity (Wildman–Crippen MR) is 104 cm³/mol. The number of ether oxygens (including phenoxy) is 1. The topological polar surface area (TPSA) is 116 Å². The average Bonchev–Trinajstić information content (AvgIpc) is 3.04. The van der Waals surface area contributed by atoms with Crippen LogP contribution in [0.3, 0.4) is 0 Å². The minimum atomic E-state index is -0.826. The number of halogens is 1. The maximum atomic E-state index is 12.7. The molecule has 1 atom stereocenters. The normalized spacial score (nSPS) is 11.9. The van der Waals surface area contributed by atoms with Crippen LogP contribution in [-0.4, -0.2) is 33.2 Å². The Kier molecular flexibility index (Phi) is 6.37. The maximum Gasteiger partial charge on any atom is 0.404 e. The predicted octanol–water partition coefficient (Wildman–Crippen LogP) is 3.92. The minimum absolute atomic E-state index is 0.223. The molecule has 11 heteroatoms. The van der Waals surface area contributed by atoms with Crippen molar-refractivity contribution in [1.82, 2.24) is 9.78 Å². The quantitative estimate of drug-likeness (QED) is 0.398. The van der Waals surface area contributed by atoms with E-state index >= 15 is 0 Å². The number of carbonyl (C=O) groups is 2. The van der Waals surface area contributed by atoms with E-state index in [-0.39, 0.29) is 16.9 Å². The van der Waals surface area contributed by atoms with Gasteiger partial charge >= 0.3 is 11.8 Å². The highest BCUT2D eigenvalue weighted by atomic mass is 79.9. The fraction of sp³-hybridized carbons (Fsp3) is 0.438. The molecule has 0 aromatic carbocycles. The van der Waals surface area contributed by atoms with Crippen LogP contribution in [0.5, 0.6) is 0 Å². The van der Waals surface area contributed by atoms with E-state index in [1.54, 1.807) is 27.7 Å². The number of hydrogen-bond acceptors (Lipinski definition) is 7. The summed E-state index contributed by atoms with van der Waals surface area (Å²) >= 11 is 4.40. The molecule has 0 radical (unpaired) electrons. The monoisotopic (exact) mass is 458 g/mol. The third-order valence-corrected chi connectivity index (χ3v) is 6.13. The maximum absolute atomic E-state index is 12.7. The molecule has 0 saturated carbocycles. The van der Waals surface area contributed by atoms with E-state index < -0.39 is 22.8 Å². The van der Waals surface area contributed by atoms with Gasteiger partial charge < -0.3 is 20.2 Å². The highest BCUT2D eigenvalue weighted by Gasteiger charge is 2.30. The number of amides is 1. The van der Waals surface area contributed by atoms with Crippen LogP contribution in [0.15, 0.2) is 4.47 Å². The number of esters is 1. The second-order valence-electron chi connectivity index (χ2n) is 5.80. The van der Waals surface area contributed by atoms with Gasteiger partial charge in [0.15, 0.2) is 0 Å². The van der Waals surface area contributed by atoms with Crippen molar-refractivity contribution in [1.29, 1.82) is 0 Å². The second kappa shape index (κ2) is 8.17. The Morgan fingerprint density at radius 2 is 2.04 bits per heavy atom. The van der Waals surface area contributed by atoms with E-state index in [2.05, 4.69) is 26.3 Å². The number of anilines is 1. The zero-order valence-electron chi connectivity index (χ0n) is 15.5. The second-order valence-corrected chi connectivity index (χ2v) is 7.82. The lowest BCUT2D eigenvalue weighted by molar-refractivity contribution is -0.390. The lowest BCUT2D eigenvalue weighted by atomic mass is 10.1. The van der Waals surface area contributed by atoms with Crippen molar-refractivity contribution in [2.45, 2.75) is 40.7 Å². The fourth-order valence-corrected chi connectivity index (χ4v) is 3.93. The van der Waals surface area contributed by atoms with E-state index in [9.17, 15) is 19.7 Å². The van der Waals surface area contributed by atoms with Crippen LogP contribution in [0, 0.1) is 30.9 Å². The van der Waals surface area contributed by atoms with E-state index in [4.69, 9.17) is 4.74 Å². The van der Waals surface area contributed by atoms with Gasteiger partial charge in [0.1, 0.15) is 15.5 Å². The van der Waals surface area contributed by atoms with Crippen molar-refractivity contribution >= 4 is 50.0 Å². The van der Waals surface area contributed by atoms with Crippen LogP contribution < -0.4 is 5.32 Å². The van der Waals surface area contributed by atoms with Gasteiger partial charge in [-0.1, -0.05) is 0 Å². The number of nitro groups is 1. The van der Waals surface area contributed by atoms with Gasteiger partial charge in [-0.15, -0.1) is 11.3 Å². The van der Waals surface area contributed by atoms with Crippen LogP contribution in [0.2, 0.25) is 0 Å². The van der Waals surface area contributed by atoms with Gasteiger partial charge in [-0.2, -0.15) is 4.68 Å². The smallest absolute Gasteiger partial charge is 0.404 e. The summed E-state index contributed by atoms with van der Waals surface area (Å²) in [6.45, 7) is 8.76. The molecule has 0 unspecified atom stereocenters. The third-order valence-electron chi connectivity index (χ3n) is 4.08. The first-order valence-corrected chi connectivity index (χ1v) is 9.68. The summed E-state index contributed by atoms with van der Waals surface area (Å²) in [5.74, 6) is -1.31. The molecule has 0 aliphatic heterocycles. The van der Waals surface area contributed by atoms with E-state index in [0.29, 0.717) is 16.3 Å². The molecule has 2 heterocycles. The molecule has 1 amide bonds. The Balaban J connectivity index is 2.33. The molecule has 146 valence electrons. The lowest BCUT2D eigenvalue weighted by Crippen LogP contribution is -2.25. The largest absolute Gasteiger partial charge is 0.462 e. The number of rotatable bonds is 6. The number of hydrogen-bond donors (Lipinski definition) is 1. The molecule has 0 spiro atoms. The summed E-state index contributed by atoms with van der Waals surface area (Å²) in [6.07, 6.45) is 0. The van der Waals surface area contributed by atoms with Gasteiger partial charge in [-0.3, -0.25) is 4.79 Å². The van der Waals surface area contributed by atoms with E-state index in [0.717, 1.165) is 10.4 Å². The first-order valence-electron chi connectivity index (χ1n) is 8.07. The first-order chi connectivity index (χ1) is 12.6. The summed E-state index contributed by atoms with van der Waals surface area (Å²) in [5, 5.41) is 18.1. The molecule has 2 aromatic heterocycles. The number of aromatic nitrogens is 2. The molecule has 0 aliphatic rings. The number of nitrogens with one attached hydrogen (secondary N) is 1. The number of nitrogens with zero attached hydrogens (tertiary/aromatic N) is 3. The van der Waals surface area contributed by atoms with Crippen molar-refractivity contribution in [3.63, 3.8) is 0 Å². The molecule has 9 nitrogen and oxygen atoms in total. The summed E-state index contributed by atoms with van der Waals surface area (Å²) in [4.78, 5) is 36.2. The number of carbonyl (C=O) groups excluding carboxylic acids is 2. The van der Waals surface area contributed by atoms with Crippen molar-refractivity contribution < 1.29 is 19.2 Å². The minimum Gasteiger partial charge on any atom is -0.462 e. The molecule has 0 saturated heterocycles. The highest BCUT2D eigenvalue weighted by Crippen LogP contribution is 2.34. The molecular weight excluding hydrogens is 440 g/mol. The van der Waals surface area contributed by atoms with Crippen LogP contribution in [0.4, 0.5) is 10.8 Å². The van der Waals surface area contributed by atoms with Gasteiger partial charge in [0.05, 0.1) is 23.0 Å². The van der Waals surface area contributed by atoms with Crippen molar-refractivity contribution in [2.24, 2.45) is 0 Å². The Labute approximate surface area is 168 Å². The van der Waals surface area contributed by atoms with E-state index in [1.165, 1.54) is 16.0 Å². The van der Waals surface area contributed by atoms with Gasteiger partial charge in [-0.05, 0) is 61.0 Å². The SMILES string of the molecule is CCOC(=O)c1c(NC(=O)[C@H](C)n2nc([N+](=O)[O-])c(Br)c2C)sc(C)c1C. The molecule has 1 N–H and O–H groups in total. The summed E-state index contributed by atoms with van der Waals surface area (Å²) < 4.78 is 6.57. The Bertz CT molecular complexity index is 921. The average molecular weight is 459 g/mol. The van der Waals surface area contributed by atoms with Gasteiger partial charge in [0.25, 0.3) is 5.91 Å². The Morgan fingerprint density at radius 1 is 1.41 bits per heavy atom. The highest BCUT2D eigenvalue weighted by molar-refractivity contribution is 9.10. The lowest BCUT2D eigenvalue weighted by Gasteiger charge is -2.12. The molecule has 2 aromatic rings. The zero-order valence-corrected chi connectivity index (χ0v) is 17.9. The number of aryl methyl sites for hydroxylation is 1. The van der Waals surface area contributed by atoms with Gasteiger partial charge in [-0.25, -0.2) is 4.79 Å². The zero-order chi connectivity index (χ0) is 20.5. The number of thiophene rings is 1. The standard InChI is InChI=1S/C16H19BrN4O5S/c1-6-26-16(23)11-7(2)10(5)27-15(11)18-14(22)9(4)20-8(3)12(17)13(19-20)21(24)25/h9H,6H2,1-5H3,(H,18,22)/t9-/m0/s1. The molecule has 27 heavy (non-hydrogen) atoms. The molecule has 2 rings (SSSR count). The molecule has 0 aliphatic carbocycles. The Hall–Kier alpha value is -2.27. The van der Waals surface area contributed by atoms with Gasteiger partial charge in [0.2, 0.25) is 0 Å². The van der Waals surface area contributed by atoms with Crippen LogP contribution in [-0.2, 0) is 9.53 Å². The van der Waals surface area contributed by atoms with Crippen molar-refractivity contribution in [3.05, 3.63) is 36.3 Å². The van der Waals surface area contributed by atoms with Crippen molar-refractivity contribution in [2.75, 3.05) is 11.9 Å². The molecule has 0 bridgehead atoms. The molecule has 0 fully saturated rings.